The molecule has 2 fully saturated rings. The van der Waals surface area contributed by atoms with E-state index in [1.54, 1.807) is 0 Å². The average molecular weight is 226 g/mol. The highest BCUT2D eigenvalue weighted by molar-refractivity contribution is 5.76. The molecule has 4 nitrogen and oxygen atoms in total. The fourth-order valence-electron chi connectivity index (χ4n) is 2.54. The number of ether oxygens (including phenoxy) is 1. The van der Waals surface area contributed by atoms with Gasteiger partial charge in [0.2, 0.25) is 5.91 Å². The van der Waals surface area contributed by atoms with Gasteiger partial charge in [0.25, 0.3) is 0 Å². The monoisotopic (exact) mass is 226 g/mol. The molecule has 16 heavy (non-hydrogen) atoms. The molecule has 0 spiro atoms. The van der Waals surface area contributed by atoms with Crippen LogP contribution in [0.4, 0.5) is 0 Å². The van der Waals surface area contributed by atoms with Crippen LogP contribution in [0.15, 0.2) is 0 Å². The first-order chi connectivity index (χ1) is 7.67. The number of nitrogens with two attached hydrogens (primary N) is 1. The lowest BCUT2D eigenvalue weighted by atomic mass is 9.79. The van der Waals surface area contributed by atoms with Crippen molar-refractivity contribution in [1.29, 1.82) is 0 Å². The van der Waals surface area contributed by atoms with E-state index in [-0.39, 0.29) is 5.91 Å². The molecule has 0 saturated heterocycles. The van der Waals surface area contributed by atoms with Crippen molar-refractivity contribution in [2.75, 3.05) is 6.61 Å². The average Bonchev–Trinajstić information content (AvgIpc) is 2.12. The fourth-order valence-corrected chi connectivity index (χ4v) is 2.54. The highest BCUT2D eigenvalue weighted by atomic mass is 16.5. The van der Waals surface area contributed by atoms with E-state index >= 15 is 0 Å². The normalized spacial score (nSPS) is 37.4. The van der Waals surface area contributed by atoms with Crippen molar-refractivity contribution in [1.82, 2.24) is 5.32 Å². The summed E-state index contributed by atoms with van der Waals surface area (Å²) in [5.41, 5.74) is 5.67. The molecule has 0 aliphatic heterocycles. The van der Waals surface area contributed by atoms with E-state index in [4.69, 9.17) is 10.5 Å². The molecule has 0 bridgehead atoms. The van der Waals surface area contributed by atoms with E-state index in [0.29, 0.717) is 30.5 Å². The van der Waals surface area contributed by atoms with E-state index in [1.807, 2.05) is 6.92 Å². The Kier molecular flexibility index (Phi) is 3.82. The molecular formula is C12H22N2O2. The van der Waals surface area contributed by atoms with E-state index in [1.165, 1.54) is 0 Å². The minimum Gasteiger partial charge on any atom is -0.378 e. The van der Waals surface area contributed by atoms with Crippen molar-refractivity contribution >= 4 is 5.91 Å². The second kappa shape index (κ2) is 5.15. The maximum atomic E-state index is 11.6. The van der Waals surface area contributed by atoms with Crippen molar-refractivity contribution in [2.24, 2.45) is 11.7 Å². The van der Waals surface area contributed by atoms with Crippen molar-refractivity contribution < 1.29 is 9.53 Å². The van der Waals surface area contributed by atoms with Crippen LogP contribution in [0, 0.1) is 5.92 Å². The van der Waals surface area contributed by atoms with Crippen LogP contribution in [-0.2, 0) is 9.53 Å². The predicted octanol–water partition coefficient (Wildman–Crippen LogP) is 0.797. The zero-order chi connectivity index (χ0) is 11.5. The zero-order valence-electron chi connectivity index (χ0n) is 9.95. The van der Waals surface area contributed by atoms with E-state index in [9.17, 15) is 4.79 Å². The van der Waals surface area contributed by atoms with Crippen molar-refractivity contribution in [3.8, 4) is 0 Å². The number of carbonyl (C=O) groups excluding carboxylic acids is 1. The Morgan fingerprint density at radius 2 is 2.06 bits per heavy atom. The van der Waals surface area contributed by atoms with Crippen LogP contribution < -0.4 is 11.1 Å². The molecule has 2 rings (SSSR count). The summed E-state index contributed by atoms with van der Waals surface area (Å²) in [5.74, 6) is 0.724. The van der Waals surface area contributed by atoms with Gasteiger partial charge in [-0.2, -0.15) is 0 Å². The molecular weight excluding hydrogens is 204 g/mol. The van der Waals surface area contributed by atoms with Gasteiger partial charge in [-0.15, -0.1) is 0 Å². The third-order valence-corrected chi connectivity index (χ3v) is 3.61. The first-order valence-electron chi connectivity index (χ1n) is 6.34. The first kappa shape index (κ1) is 11.9. The summed E-state index contributed by atoms with van der Waals surface area (Å²) in [6.07, 6.45) is 5.04. The Bertz CT molecular complexity index is 245. The molecule has 3 N–H and O–H groups in total. The van der Waals surface area contributed by atoms with Gasteiger partial charge in [0.1, 0.15) is 0 Å². The topological polar surface area (TPSA) is 64.3 Å². The predicted molar refractivity (Wildman–Crippen MR) is 61.9 cm³/mol. The lowest BCUT2D eigenvalue weighted by Crippen LogP contribution is -2.51. The summed E-state index contributed by atoms with van der Waals surface area (Å²) >= 11 is 0. The SMILES string of the molecule is CCOC1CC(CC(=O)NC2CC(N)C2)C1. The Morgan fingerprint density at radius 3 is 2.62 bits per heavy atom. The van der Waals surface area contributed by atoms with Crippen LogP contribution in [0.25, 0.3) is 0 Å². The van der Waals surface area contributed by atoms with Gasteiger partial charge in [0.05, 0.1) is 6.10 Å². The molecule has 1 amide bonds. The summed E-state index contributed by atoms with van der Waals surface area (Å²) < 4.78 is 5.47. The Labute approximate surface area is 96.9 Å². The van der Waals surface area contributed by atoms with Crippen molar-refractivity contribution in [2.45, 2.75) is 57.2 Å². The van der Waals surface area contributed by atoms with E-state index < -0.39 is 0 Å². The molecule has 2 aliphatic carbocycles. The quantitative estimate of drug-likeness (QED) is 0.728. The molecule has 92 valence electrons. The van der Waals surface area contributed by atoms with Crippen LogP contribution in [0.1, 0.15) is 39.0 Å². The zero-order valence-corrected chi connectivity index (χ0v) is 9.95. The van der Waals surface area contributed by atoms with Crippen LogP contribution >= 0.6 is 0 Å². The van der Waals surface area contributed by atoms with Gasteiger partial charge in [0.15, 0.2) is 0 Å². The molecule has 2 saturated carbocycles. The van der Waals surface area contributed by atoms with Crippen LogP contribution in [-0.4, -0.2) is 30.7 Å². The number of hydrogen-bond donors (Lipinski definition) is 2. The summed E-state index contributed by atoms with van der Waals surface area (Å²) in [4.78, 5) is 11.6. The summed E-state index contributed by atoms with van der Waals surface area (Å²) in [6.45, 7) is 2.80. The highest BCUT2D eigenvalue weighted by Gasteiger charge is 2.33. The van der Waals surface area contributed by atoms with E-state index in [2.05, 4.69) is 5.32 Å². The number of nitrogens with one attached hydrogen (secondary N) is 1. The molecule has 0 aromatic carbocycles. The van der Waals surface area contributed by atoms with Crippen molar-refractivity contribution in [3.05, 3.63) is 0 Å². The molecule has 0 aromatic rings. The van der Waals surface area contributed by atoms with Crippen LogP contribution in [0.2, 0.25) is 0 Å². The maximum absolute atomic E-state index is 11.6. The number of amides is 1. The largest absolute Gasteiger partial charge is 0.378 e. The number of rotatable bonds is 5. The molecule has 0 unspecified atom stereocenters. The van der Waals surface area contributed by atoms with Gasteiger partial charge in [-0.05, 0) is 38.5 Å². The van der Waals surface area contributed by atoms with Gasteiger partial charge in [-0.3, -0.25) is 4.79 Å². The molecule has 0 atom stereocenters. The summed E-state index contributed by atoms with van der Waals surface area (Å²) in [7, 11) is 0. The van der Waals surface area contributed by atoms with E-state index in [0.717, 1.165) is 32.3 Å². The second-order valence-electron chi connectivity index (χ2n) is 5.11. The standard InChI is InChI=1S/C12H22N2O2/c1-2-16-11-3-8(4-11)5-12(15)14-10-6-9(13)7-10/h8-11H,2-7,13H2,1H3,(H,14,15). The number of hydrogen-bond acceptors (Lipinski definition) is 3. The Morgan fingerprint density at radius 1 is 1.38 bits per heavy atom. The van der Waals surface area contributed by atoms with Gasteiger partial charge < -0.3 is 15.8 Å². The lowest BCUT2D eigenvalue weighted by Gasteiger charge is -2.36. The Balaban J connectivity index is 1.55. The van der Waals surface area contributed by atoms with Crippen molar-refractivity contribution in [3.63, 3.8) is 0 Å². The second-order valence-corrected chi connectivity index (χ2v) is 5.11. The third kappa shape index (κ3) is 2.95. The van der Waals surface area contributed by atoms with Crippen LogP contribution in [0.5, 0.6) is 0 Å². The minimum absolute atomic E-state index is 0.192. The first-order valence-corrected chi connectivity index (χ1v) is 6.34. The van der Waals surface area contributed by atoms with Gasteiger partial charge in [-0.25, -0.2) is 0 Å². The van der Waals surface area contributed by atoms with Gasteiger partial charge >= 0.3 is 0 Å². The molecule has 0 heterocycles. The van der Waals surface area contributed by atoms with Gasteiger partial charge in [0, 0.05) is 25.1 Å². The minimum atomic E-state index is 0.192. The number of carbonyl (C=O) groups is 1. The molecule has 4 heteroatoms. The van der Waals surface area contributed by atoms with Crippen LogP contribution in [0.3, 0.4) is 0 Å². The van der Waals surface area contributed by atoms with Gasteiger partial charge in [-0.1, -0.05) is 0 Å². The smallest absolute Gasteiger partial charge is 0.220 e. The molecule has 0 radical (unpaired) electrons. The third-order valence-electron chi connectivity index (χ3n) is 3.61. The highest BCUT2D eigenvalue weighted by Crippen LogP contribution is 2.32. The fraction of sp³-hybridized carbons (Fsp3) is 0.917. The Hall–Kier alpha value is -0.610. The summed E-state index contributed by atoms with van der Waals surface area (Å²) in [5, 5.41) is 3.03. The summed E-state index contributed by atoms with van der Waals surface area (Å²) in [6, 6.07) is 0.640. The lowest BCUT2D eigenvalue weighted by molar-refractivity contribution is -0.125. The molecule has 0 aromatic heterocycles. The molecule has 2 aliphatic rings. The maximum Gasteiger partial charge on any atom is 0.220 e.